The number of hydrogen-bond donors (Lipinski definition) is 0. The summed E-state index contributed by atoms with van der Waals surface area (Å²) in [6.45, 7) is 18.9. The first-order valence-corrected chi connectivity index (χ1v) is 9.67. The molecule has 0 atom stereocenters. The Labute approximate surface area is 139 Å². The first-order valence-electron chi connectivity index (χ1n) is 9.67. The molecule has 0 heterocycles. The zero-order valence-corrected chi connectivity index (χ0v) is 16.3. The molecule has 1 aliphatic carbocycles. The van der Waals surface area contributed by atoms with Gasteiger partial charge in [-0.3, -0.25) is 0 Å². The van der Waals surface area contributed by atoms with E-state index in [1.54, 1.807) is 22.4 Å². The summed E-state index contributed by atoms with van der Waals surface area (Å²) in [5.41, 5.74) is 6.73. The molecule has 22 heavy (non-hydrogen) atoms. The molecule has 1 heteroatoms. The van der Waals surface area contributed by atoms with Crippen molar-refractivity contribution in [3.8, 4) is 0 Å². The van der Waals surface area contributed by atoms with Crippen molar-refractivity contribution in [3.63, 3.8) is 0 Å². The number of allylic oxidation sites excluding steroid dienone is 3. The Kier molecular flexibility index (Phi) is 8.28. The molecule has 0 aromatic carbocycles. The molecule has 1 aliphatic rings. The standard InChI is InChI=1S/C21H39N/c1-8-11-13-22(14-12-9-2)20-15-19(16(4)5)21(17(6)7)18(20)10-3/h16-17H,8-15H2,1-7H3. The molecule has 0 aromatic rings. The SMILES string of the molecule is CCCCN(CCCC)C1=C(CC)C(C(C)C)=C(C(C)C)C1. The van der Waals surface area contributed by atoms with Crippen LogP contribution in [0.4, 0.5) is 0 Å². The lowest BCUT2D eigenvalue weighted by Gasteiger charge is -2.28. The van der Waals surface area contributed by atoms with E-state index in [-0.39, 0.29) is 0 Å². The van der Waals surface area contributed by atoms with E-state index in [9.17, 15) is 0 Å². The molecule has 128 valence electrons. The van der Waals surface area contributed by atoms with Crippen LogP contribution in [0.3, 0.4) is 0 Å². The maximum absolute atomic E-state index is 2.73. The lowest BCUT2D eigenvalue weighted by atomic mass is 9.89. The van der Waals surface area contributed by atoms with Gasteiger partial charge in [0.15, 0.2) is 0 Å². The van der Waals surface area contributed by atoms with Crippen LogP contribution in [0.1, 0.15) is 87.0 Å². The molecule has 1 rings (SSSR count). The summed E-state index contributed by atoms with van der Waals surface area (Å²) in [5, 5.41) is 0. The topological polar surface area (TPSA) is 3.24 Å². The second-order valence-corrected chi connectivity index (χ2v) is 7.40. The average Bonchev–Trinajstić information content (AvgIpc) is 2.87. The summed E-state index contributed by atoms with van der Waals surface area (Å²) in [6, 6.07) is 0. The summed E-state index contributed by atoms with van der Waals surface area (Å²) in [5.74, 6) is 1.33. The second-order valence-electron chi connectivity index (χ2n) is 7.40. The monoisotopic (exact) mass is 305 g/mol. The lowest BCUT2D eigenvalue weighted by Crippen LogP contribution is -2.26. The summed E-state index contributed by atoms with van der Waals surface area (Å²) < 4.78 is 0. The van der Waals surface area contributed by atoms with Gasteiger partial charge in [-0.15, -0.1) is 0 Å². The smallest absolute Gasteiger partial charge is 0.0209 e. The van der Waals surface area contributed by atoms with Crippen molar-refractivity contribution in [2.75, 3.05) is 13.1 Å². The summed E-state index contributed by atoms with van der Waals surface area (Å²) in [6.07, 6.45) is 7.61. The van der Waals surface area contributed by atoms with Gasteiger partial charge in [0.25, 0.3) is 0 Å². The van der Waals surface area contributed by atoms with Crippen molar-refractivity contribution in [2.45, 2.75) is 87.0 Å². The fourth-order valence-corrected chi connectivity index (χ4v) is 3.74. The van der Waals surface area contributed by atoms with Crippen molar-refractivity contribution < 1.29 is 0 Å². The van der Waals surface area contributed by atoms with Gasteiger partial charge < -0.3 is 4.90 Å². The van der Waals surface area contributed by atoms with Crippen LogP contribution < -0.4 is 0 Å². The molecule has 0 radical (unpaired) electrons. The van der Waals surface area contributed by atoms with Gasteiger partial charge >= 0.3 is 0 Å². The van der Waals surface area contributed by atoms with Gasteiger partial charge in [-0.1, -0.05) is 66.9 Å². The Morgan fingerprint density at radius 1 is 0.864 bits per heavy atom. The van der Waals surface area contributed by atoms with Crippen LogP contribution in [0.15, 0.2) is 22.4 Å². The minimum atomic E-state index is 0.657. The van der Waals surface area contributed by atoms with E-state index in [2.05, 4.69) is 53.4 Å². The van der Waals surface area contributed by atoms with E-state index in [0.717, 1.165) is 0 Å². The van der Waals surface area contributed by atoms with Gasteiger partial charge in [0, 0.05) is 25.2 Å². The summed E-state index contributed by atoms with van der Waals surface area (Å²) in [4.78, 5) is 2.73. The Balaban J connectivity index is 3.10. The maximum Gasteiger partial charge on any atom is 0.0209 e. The molecule has 0 saturated carbocycles. The van der Waals surface area contributed by atoms with Crippen LogP contribution in [0.2, 0.25) is 0 Å². The third-order valence-corrected chi connectivity index (χ3v) is 4.95. The fourth-order valence-electron chi connectivity index (χ4n) is 3.74. The van der Waals surface area contributed by atoms with E-state index in [1.807, 2.05) is 0 Å². The normalized spacial score (nSPS) is 15.7. The van der Waals surface area contributed by atoms with E-state index < -0.39 is 0 Å². The average molecular weight is 306 g/mol. The molecule has 0 fully saturated rings. The van der Waals surface area contributed by atoms with Gasteiger partial charge in [-0.2, -0.15) is 0 Å². The number of unbranched alkanes of at least 4 members (excludes halogenated alkanes) is 2. The van der Waals surface area contributed by atoms with Gasteiger partial charge in [-0.25, -0.2) is 0 Å². The third kappa shape index (κ3) is 4.64. The quantitative estimate of drug-likeness (QED) is 0.441. The van der Waals surface area contributed by atoms with E-state index in [0.29, 0.717) is 11.8 Å². The van der Waals surface area contributed by atoms with Crippen LogP contribution >= 0.6 is 0 Å². The van der Waals surface area contributed by atoms with Gasteiger partial charge in [0.05, 0.1) is 0 Å². The molecule has 0 unspecified atom stereocenters. The van der Waals surface area contributed by atoms with Crippen molar-refractivity contribution in [3.05, 3.63) is 22.4 Å². The van der Waals surface area contributed by atoms with Crippen LogP contribution in [-0.2, 0) is 0 Å². The van der Waals surface area contributed by atoms with Crippen molar-refractivity contribution >= 4 is 0 Å². The molecule has 0 saturated heterocycles. The molecule has 0 aromatic heterocycles. The maximum atomic E-state index is 2.73. The van der Waals surface area contributed by atoms with E-state index >= 15 is 0 Å². The van der Waals surface area contributed by atoms with E-state index in [4.69, 9.17) is 0 Å². The molecule has 0 spiro atoms. The zero-order valence-electron chi connectivity index (χ0n) is 16.3. The van der Waals surface area contributed by atoms with Crippen LogP contribution in [-0.4, -0.2) is 18.0 Å². The van der Waals surface area contributed by atoms with Gasteiger partial charge in [0.1, 0.15) is 0 Å². The number of rotatable bonds is 10. The Morgan fingerprint density at radius 3 is 1.77 bits per heavy atom. The highest BCUT2D eigenvalue weighted by Crippen LogP contribution is 2.42. The number of hydrogen-bond acceptors (Lipinski definition) is 1. The molecule has 0 bridgehead atoms. The highest BCUT2D eigenvalue weighted by atomic mass is 15.1. The van der Waals surface area contributed by atoms with Gasteiger partial charge in [-0.05, 0) is 42.2 Å². The predicted molar refractivity (Wildman–Crippen MR) is 100 cm³/mol. The minimum absolute atomic E-state index is 0.657. The molecule has 1 nitrogen and oxygen atoms in total. The van der Waals surface area contributed by atoms with Crippen LogP contribution in [0.5, 0.6) is 0 Å². The van der Waals surface area contributed by atoms with Crippen molar-refractivity contribution in [1.29, 1.82) is 0 Å². The molecule has 0 aliphatic heterocycles. The first kappa shape index (κ1) is 19.3. The van der Waals surface area contributed by atoms with Crippen molar-refractivity contribution in [2.24, 2.45) is 11.8 Å². The Morgan fingerprint density at radius 2 is 1.41 bits per heavy atom. The predicted octanol–water partition coefficient (Wildman–Crippen LogP) is 6.57. The first-order chi connectivity index (χ1) is 10.5. The second kappa shape index (κ2) is 9.43. The highest BCUT2D eigenvalue weighted by Gasteiger charge is 2.29. The Hall–Kier alpha value is -0.720. The number of nitrogens with zero attached hydrogens (tertiary/aromatic N) is 1. The van der Waals surface area contributed by atoms with E-state index in [1.165, 1.54) is 51.6 Å². The summed E-state index contributed by atoms with van der Waals surface area (Å²) in [7, 11) is 0. The molecular weight excluding hydrogens is 266 g/mol. The van der Waals surface area contributed by atoms with Crippen molar-refractivity contribution in [1.82, 2.24) is 4.90 Å². The minimum Gasteiger partial charge on any atom is -0.374 e. The van der Waals surface area contributed by atoms with Crippen LogP contribution in [0, 0.1) is 11.8 Å². The largest absolute Gasteiger partial charge is 0.374 e. The van der Waals surface area contributed by atoms with Gasteiger partial charge in [0.2, 0.25) is 0 Å². The molecule has 0 amide bonds. The van der Waals surface area contributed by atoms with Crippen LogP contribution in [0.25, 0.3) is 0 Å². The zero-order chi connectivity index (χ0) is 16.7. The molecular formula is C21H39N. The molecule has 0 N–H and O–H groups in total. The lowest BCUT2D eigenvalue weighted by molar-refractivity contribution is 0.322. The summed E-state index contributed by atoms with van der Waals surface area (Å²) >= 11 is 0. The fraction of sp³-hybridized carbons (Fsp3) is 0.810. The Bertz CT molecular complexity index is 390. The highest BCUT2D eigenvalue weighted by molar-refractivity contribution is 5.48. The third-order valence-electron chi connectivity index (χ3n) is 4.95.